The van der Waals surface area contributed by atoms with Gasteiger partial charge in [0.25, 0.3) is 10.0 Å². The zero-order chi connectivity index (χ0) is 23.1. The van der Waals surface area contributed by atoms with E-state index in [1.807, 2.05) is 36.4 Å². The highest BCUT2D eigenvalue weighted by molar-refractivity contribution is 7.91. The Kier molecular flexibility index (Phi) is 7.96. The summed E-state index contributed by atoms with van der Waals surface area (Å²) in [5, 5.41) is 4.82. The molecule has 1 N–H and O–H groups in total. The van der Waals surface area contributed by atoms with Crippen molar-refractivity contribution in [3.8, 4) is 0 Å². The van der Waals surface area contributed by atoms with Crippen LogP contribution in [0.4, 0.5) is 0 Å². The largest absolute Gasteiger partial charge is 0.356 e. The summed E-state index contributed by atoms with van der Waals surface area (Å²) in [6.45, 7) is 1.01. The molecule has 0 saturated carbocycles. The lowest BCUT2D eigenvalue weighted by molar-refractivity contribution is -0.122. The molecular formula is C26H30N2O3S2. The Morgan fingerprint density at radius 3 is 2.24 bits per heavy atom. The van der Waals surface area contributed by atoms with Gasteiger partial charge in [0, 0.05) is 31.5 Å². The maximum atomic E-state index is 13.1. The normalized spacial score (nSPS) is 17.2. The molecule has 1 aliphatic heterocycles. The van der Waals surface area contributed by atoms with Crippen molar-refractivity contribution in [3.63, 3.8) is 0 Å². The summed E-state index contributed by atoms with van der Waals surface area (Å²) in [5.74, 6) is 0.103. The summed E-state index contributed by atoms with van der Waals surface area (Å²) in [4.78, 5) is 12.8. The van der Waals surface area contributed by atoms with Gasteiger partial charge in [-0.1, -0.05) is 73.2 Å². The van der Waals surface area contributed by atoms with Crippen molar-refractivity contribution in [2.75, 3.05) is 13.1 Å². The second-order valence-electron chi connectivity index (χ2n) is 8.41. The highest BCUT2D eigenvalue weighted by atomic mass is 32.2. The highest BCUT2D eigenvalue weighted by Gasteiger charge is 2.35. The van der Waals surface area contributed by atoms with E-state index in [1.54, 1.807) is 21.8 Å². The van der Waals surface area contributed by atoms with E-state index in [1.165, 1.54) is 22.5 Å². The first-order valence-electron chi connectivity index (χ1n) is 11.5. The van der Waals surface area contributed by atoms with Crippen LogP contribution in [0.1, 0.15) is 49.1 Å². The van der Waals surface area contributed by atoms with E-state index in [0.29, 0.717) is 23.7 Å². The Balaban J connectivity index is 1.38. The van der Waals surface area contributed by atoms with Crippen LogP contribution in [-0.4, -0.2) is 37.8 Å². The SMILES string of the molecule is O=C(CC1CCCCN1S(=O)(=O)c1cccs1)NCCC(c1ccccc1)c1ccccc1. The van der Waals surface area contributed by atoms with Crippen LogP contribution in [0.5, 0.6) is 0 Å². The molecular weight excluding hydrogens is 452 g/mol. The molecule has 1 saturated heterocycles. The number of nitrogens with one attached hydrogen (secondary N) is 1. The summed E-state index contributed by atoms with van der Waals surface area (Å²) in [6, 6.07) is 23.7. The molecule has 5 nitrogen and oxygen atoms in total. The van der Waals surface area contributed by atoms with Gasteiger partial charge in [-0.2, -0.15) is 4.31 Å². The van der Waals surface area contributed by atoms with Gasteiger partial charge in [-0.05, 0) is 41.8 Å². The second-order valence-corrected chi connectivity index (χ2v) is 11.5. The Labute approximate surface area is 200 Å². The van der Waals surface area contributed by atoms with Crippen molar-refractivity contribution in [2.24, 2.45) is 0 Å². The van der Waals surface area contributed by atoms with Crippen molar-refractivity contribution >= 4 is 27.3 Å². The monoisotopic (exact) mass is 482 g/mol. The fraction of sp³-hybridized carbons (Fsp3) is 0.346. The molecule has 1 unspecified atom stereocenters. The molecule has 4 rings (SSSR count). The van der Waals surface area contributed by atoms with E-state index >= 15 is 0 Å². The Hall–Kier alpha value is -2.48. The number of hydrogen-bond donors (Lipinski definition) is 1. The van der Waals surface area contributed by atoms with Gasteiger partial charge in [-0.25, -0.2) is 8.42 Å². The maximum absolute atomic E-state index is 13.1. The Morgan fingerprint density at radius 1 is 0.970 bits per heavy atom. The summed E-state index contributed by atoms with van der Waals surface area (Å²) >= 11 is 1.23. The minimum atomic E-state index is -3.55. The van der Waals surface area contributed by atoms with Crippen LogP contribution in [-0.2, 0) is 14.8 Å². The van der Waals surface area contributed by atoms with Crippen molar-refractivity contribution < 1.29 is 13.2 Å². The number of carbonyl (C=O) groups is 1. The molecule has 0 spiro atoms. The molecule has 1 amide bonds. The second kappa shape index (κ2) is 11.1. The van der Waals surface area contributed by atoms with Crippen LogP contribution < -0.4 is 5.32 Å². The average Bonchev–Trinajstić information content (AvgIpc) is 3.39. The number of rotatable bonds is 9. The molecule has 33 heavy (non-hydrogen) atoms. The van der Waals surface area contributed by atoms with E-state index in [4.69, 9.17) is 0 Å². The summed E-state index contributed by atoms with van der Waals surface area (Å²) in [5.41, 5.74) is 2.44. The summed E-state index contributed by atoms with van der Waals surface area (Å²) in [7, 11) is -3.55. The number of benzene rings is 2. The lowest BCUT2D eigenvalue weighted by Gasteiger charge is -2.34. The fourth-order valence-electron chi connectivity index (χ4n) is 4.56. The number of carbonyl (C=O) groups excluding carboxylic acids is 1. The van der Waals surface area contributed by atoms with Crippen LogP contribution in [0.2, 0.25) is 0 Å². The molecule has 0 bridgehead atoms. The number of nitrogens with zero attached hydrogens (tertiary/aromatic N) is 1. The lowest BCUT2D eigenvalue weighted by Crippen LogP contribution is -2.45. The van der Waals surface area contributed by atoms with Crippen molar-refractivity contribution in [2.45, 2.75) is 48.3 Å². The molecule has 7 heteroatoms. The van der Waals surface area contributed by atoms with Crippen molar-refractivity contribution in [1.29, 1.82) is 0 Å². The third-order valence-corrected chi connectivity index (χ3v) is 9.54. The number of hydrogen-bond acceptors (Lipinski definition) is 4. The molecule has 0 radical (unpaired) electrons. The number of amides is 1. The van der Waals surface area contributed by atoms with Gasteiger partial charge in [-0.3, -0.25) is 4.79 Å². The number of thiophene rings is 1. The quantitative estimate of drug-likeness (QED) is 0.466. The third kappa shape index (κ3) is 5.91. The smallest absolute Gasteiger partial charge is 0.252 e. The lowest BCUT2D eigenvalue weighted by atomic mass is 9.88. The molecule has 1 aliphatic rings. The standard InChI is InChI=1S/C26H30N2O3S2/c29-25(20-23-14-7-8-18-28(23)33(30,31)26-15-9-19-32-26)27-17-16-24(21-10-3-1-4-11-21)22-12-5-2-6-13-22/h1-6,9-13,15,19,23-24H,7-8,14,16-18,20H2,(H,27,29). The number of sulfonamides is 1. The van der Waals surface area contributed by atoms with Gasteiger partial charge in [-0.15, -0.1) is 11.3 Å². The molecule has 0 aliphatic carbocycles. The van der Waals surface area contributed by atoms with Gasteiger partial charge in [0.15, 0.2) is 0 Å². The predicted octanol–water partition coefficient (Wildman–Crippen LogP) is 5.02. The van der Waals surface area contributed by atoms with E-state index in [9.17, 15) is 13.2 Å². The molecule has 2 heterocycles. The molecule has 1 atom stereocenters. The van der Waals surface area contributed by atoms with Crippen molar-refractivity contribution in [3.05, 3.63) is 89.3 Å². The maximum Gasteiger partial charge on any atom is 0.252 e. The minimum absolute atomic E-state index is 0.0897. The van der Waals surface area contributed by atoms with Gasteiger partial charge in [0.1, 0.15) is 4.21 Å². The van der Waals surface area contributed by atoms with Crippen LogP contribution in [0.3, 0.4) is 0 Å². The van der Waals surface area contributed by atoms with Crippen LogP contribution in [0.15, 0.2) is 82.4 Å². The first-order chi connectivity index (χ1) is 16.1. The van der Waals surface area contributed by atoms with E-state index in [-0.39, 0.29) is 24.3 Å². The molecule has 174 valence electrons. The topological polar surface area (TPSA) is 66.5 Å². The predicted molar refractivity (Wildman–Crippen MR) is 133 cm³/mol. The fourth-order valence-corrected chi connectivity index (χ4v) is 7.37. The van der Waals surface area contributed by atoms with E-state index in [0.717, 1.165) is 19.3 Å². The Morgan fingerprint density at radius 2 is 1.64 bits per heavy atom. The van der Waals surface area contributed by atoms with Crippen LogP contribution >= 0.6 is 11.3 Å². The summed E-state index contributed by atoms with van der Waals surface area (Å²) in [6.07, 6.45) is 3.47. The van der Waals surface area contributed by atoms with Crippen molar-refractivity contribution in [1.82, 2.24) is 9.62 Å². The van der Waals surface area contributed by atoms with Crippen LogP contribution in [0.25, 0.3) is 0 Å². The van der Waals surface area contributed by atoms with E-state index in [2.05, 4.69) is 29.6 Å². The zero-order valence-corrected chi connectivity index (χ0v) is 20.2. The third-order valence-electron chi connectivity index (χ3n) is 6.21. The minimum Gasteiger partial charge on any atom is -0.356 e. The Bertz CT molecular complexity index is 1080. The molecule has 3 aromatic rings. The van der Waals surface area contributed by atoms with Crippen LogP contribution in [0, 0.1) is 0 Å². The van der Waals surface area contributed by atoms with E-state index < -0.39 is 10.0 Å². The van der Waals surface area contributed by atoms with Gasteiger partial charge < -0.3 is 5.32 Å². The molecule has 2 aromatic carbocycles. The average molecular weight is 483 g/mol. The highest BCUT2D eigenvalue weighted by Crippen LogP contribution is 2.30. The number of piperidine rings is 1. The van der Waals surface area contributed by atoms with Gasteiger partial charge in [0.05, 0.1) is 0 Å². The first-order valence-corrected chi connectivity index (χ1v) is 13.8. The van der Waals surface area contributed by atoms with Gasteiger partial charge >= 0.3 is 0 Å². The molecule has 1 fully saturated rings. The zero-order valence-electron chi connectivity index (χ0n) is 18.6. The molecule has 1 aromatic heterocycles. The first kappa shape index (κ1) is 23.7. The van der Waals surface area contributed by atoms with Gasteiger partial charge in [0.2, 0.25) is 5.91 Å². The summed E-state index contributed by atoms with van der Waals surface area (Å²) < 4.78 is 28.0.